The Bertz CT molecular complexity index is 6850. The minimum atomic E-state index is -4.14. The van der Waals surface area contributed by atoms with Gasteiger partial charge in [-0.2, -0.15) is 0 Å². The lowest BCUT2D eigenvalue weighted by Crippen LogP contribution is -2.26. The molecule has 0 amide bonds. The smallest absolute Gasteiger partial charge is 0.338 e. The molecular formula is C115H100O20P4. The molecule has 700 valence electrons. The van der Waals surface area contributed by atoms with Crippen LogP contribution >= 0.6 is 29.3 Å². The Morgan fingerprint density at radius 3 is 0.619 bits per heavy atom. The van der Waals surface area contributed by atoms with Gasteiger partial charge in [-0.15, -0.1) is 0 Å². The van der Waals surface area contributed by atoms with Crippen LogP contribution in [0.2, 0.25) is 0 Å². The predicted molar refractivity (Wildman–Crippen MR) is 544 cm³/mol. The van der Waals surface area contributed by atoms with Crippen molar-refractivity contribution in [2.45, 2.75) is 109 Å². The monoisotopic (exact) mass is 1920 g/mol. The van der Waals surface area contributed by atoms with Gasteiger partial charge >= 0.3 is 23.9 Å². The van der Waals surface area contributed by atoms with E-state index in [9.17, 15) is 28.8 Å². The number of rotatable bonds is 37. The maximum Gasteiger partial charge on any atom is 0.338 e. The molecule has 139 heavy (non-hydrogen) atoms. The summed E-state index contributed by atoms with van der Waals surface area (Å²) in [5, 5.41) is 1.81. The Hall–Kier alpha value is -14.6. The van der Waals surface area contributed by atoms with E-state index in [1.54, 1.807) is 350 Å². The number of fused-ring (bicyclic) bond motifs is 1. The first-order valence-electron chi connectivity index (χ1n) is 45.2. The third-order valence-corrected chi connectivity index (χ3v) is 35.9. The highest BCUT2D eigenvalue weighted by atomic mass is 31.2. The fourth-order valence-corrected chi connectivity index (χ4v) is 28.8. The van der Waals surface area contributed by atoms with Crippen molar-refractivity contribution in [2.75, 3.05) is 26.4 Å². The molecule has 0 heterocycles. The lowest BCUT2D eigenvalue weighted by atomic mass is 9.89. The van der Waals surface area contributed by atoms with Crippen LogP contribution in [0.4, 0.5) is 0 Å². The SMILES string of the molecule is Cc1cc(C)c(C(=O)C(=O)P(c2ccccc2)c2ccccc2)c(C)c1C(=O)CCOC(=O)c1ccc(C(=O)OCCC(=O)c2c(C)cc(C)c(C(=O)P(=O)(c3ccccc3)c3ccccc3)c2C)c2c(C(=O)OCCC(=O)c3c(C)cc(C)c(C(=O)P(=O)(c4ccccc4)c4ccccc4)c3C)ccc(C(=O)OCCC(=O)c3c(C)cc(C)c(C(=O)P(=O)(c4ccccc4)c4ccccc4)c3C)c12. The molecule has 0 fully saturated rings. The summed E-state index contributed by atoms with van der Waals surface area (Å²) < 4.78 is 70.8. The molecule has 0 aliphatic rings. The zero-order valence-electron chi connectivity index (χ0n) is 78.8. The summed E-state index contributed by atoms with van der Waals surface area (Å²) in [7, 11) is -14.3. The number of Topliss-reactive ketones (excluding diaryl/α,β-unsaturated/α-hetero) is 5. The van der Waals surface area contributed by atoms with Crippen LogP contribution in [0.5, 0.6) is 0 Å². The molecule has 14 aromatic rings. The Kier molecular flexibility index (Phi) is 31.0. The first kappa shape index (κ1) is 100. The fraction of sp³-hybridized carbons (Fsp3) is 0.174. The summed E-state index contributed by atoms with van der Waals surface area (Å²) in [5.74, 6) is -8.29. The van der Waals surface area contributed by atoms with Crippen molar-refractivity contribution in [3.63, 3.8) is 0 Å². The van der Waals surface area contributed by atoms with Gasteiger partial charge in [0.2, 0.25) is 49.3 Å². The zero-order chi connectivity index (χ0) is 99.6. The first-order chi connectivity index (χ1) is 66.6. The summed E-state index contributed by atoms with van der Waals surface area (Å²) in [6.45, 7) is 16.8. The molecule has 0 aliphatic heterocycles. The van der Waals surface area contributed by atoms with E-state index in [4.69, 9.17) is 18.9 Å². The topological polar surface area (TPSA) is 310 Å². The minimum Gasteiger partial charge on any atom is -0.462 e. The maximum absolute atomic E-state index is 15.6. The second-order valence-corrected chi connectivity index (χ2v) is 44.3. The molecule has 0 atom stereocenters. The molecule has 0 unspecified atom stereocenters. The number of hydrogen-bond acceptors (Lipinski definition) is 20. The van der Waals surface area contributed by atoms with Crippen LogP contribution in [-0.4, -0.2) is 101 Å². The van der Waals surface area contributed by atoms with Crippen molar-refractivity contribution >= 4 is 157 Å². The molecule has 0 radical (unpaired) electrons. The van der Waals surface area contributed by atoms with Crippen LogP contribution in [0.15, 0.2) is 291 Å². The molecule has 0 N–H and O–H groups in total. The number of carbonyl (C=O) groups is 13. The van der Waals surface area contributed by atoms with E-state index in [2.05, 4.69) is 0 Å². The number of ketones is 5. The second-order valence-electron chi connectivity index (χ2n) is 34.2. The third kappa shape index (κ3) is 20.0. The van der Waals surface area contributed by atoms with Crippen molar-refractivity contribution in [2.24, 2.45) is 0 Å². The van der Waals surface area contributed by atoms with Crippen LogP contribution in [0.1, 0.15) is 217 Å². The standard InChI is InChI=1S/C115H100O20P4/c1-69-65-73(5)101(107(120)112(125)136(81-37-21-13-22-38-81)82-39-23-14-24-40-82)77(9)97(69)93(116)57-61-132-108(121)89-53-54-91(110(123)134-63-59-95(118)99-71(3)67-75(7)103(79(99)11)114(127)138(130,85-45-29-17-30-46-85)86-47-31-18-32-48-86)106-92(111(124)135-64-60-96(119)100-72(4)68-76(8)104(80(100)12)115(128)139(131,87-49-33-19-34-50-87)88-51-35-20-36-52-88)56-55-90(105(89)106)109(122)133-62-58-94(117)98-70(2)66-74(6)102(78(98)10)113(126)137(129,83-41-25-15-26-42-83)84-43-27-16-28-44-84/h13-56,65-68H,57-64H2,1-12H3. The lowest BCUT2D eigenvalue weighted by molar-refractivity contribution is -0.108. The van der Waals surface area contributed by atoms with Gasteiger partial charge in [-0.1, -0.05) is 267 Å². The van der Waals surface area contributed by atoms with Crippen LogP contribution in [0.3, 0.4) is 0 Å². The number of carbonyl (C=O) groups excluding carboxylic acids is 13. The van der Waals surface area contributed by atoms with Crippen molar-refractivity contribution in [3.8, 4) is 0 Å². The number of ether oxygens (including phenoxy) is 4. The van der Waals surface area contributed by atoms with Crippen LogP contribution in [-0.2, 0) is 37.4 Å². The normalized spacial score (nSPS) is 11.5. The fourth-order valence-electron chi connectivity index (χ4n) is 18.9. The Balaban J connectivity index is 0.830. The molecule has 14 rings (SSSR count). The molecule has 0 bridgehead atoms. The average molecular weight is 1930 g/mol. The molecular weight excluding hydrogens is 1830 g/mol. The van der Waals surface area contributed by atoms with Gasteiger partial charge in [-0.05, 0) is 185 Å². The number of esters is 4. The van der Waals surface area contributed by atoms with E-state index in [1.807, 2.05) is 0 Å². The van der Waals surface area contributed by atoms with Gasteiger partial charge in [0.15, 0.2) is 23.1 Å². The van der Waals surface area contributed by atoms with Gasteiger partial charge in [0.05, 0.1) is 48.7 Å². The Labute approximate surface area is 807 Å². The Morgan fingerprint density at radius 1 is 0.230 bits per heavy atom. The maximum atomic E-state index is 15.6. The van der Waals surface area contributed by atoms with Gasteiger partial charge < -0.3 is 32.6 Å². The van der Waals surface area contributed by atoms with E-state index in [0.29, 0.717) is 55.1 Å². The quantitative estimate of drug-likeness (QED) is 0.0115. The van der Waals surface area contributed by atoms with Crippen molar-refractivity contribution in [3.05, 3.63) is 425 Å². The van der Waals surface area contributed by atoms with Crippen molar-refractivity contribution in [1.82, 2.24) is 0 Å². The zero-order valence-corrected chi connectivity index (χ0v) is 82.4. The first-order valence-corrected chi connectivity index (χ1v) is 51.6. The molecule has 0 aromatic heterocycles. The molecule has 0 aliphatic carbocycles. The van der Waals surface area contributed by atoms with Gasteiger partial charge in [0, 0.05) is 121 Å². The minimum absolute atomic E-state index is 0.0140. The Morgan fingerprint density at radius 2 is 0.410 bits per heavy atom. The molecule has 0 saturated carbocycles. The van der Waals surface area contributed by atoms with Gasteiger partial charge in [-0.25, -0.2) is 19.2 Å². The van der Waals surface area contributed by atoms with E-state index >= 15 is 47.3 Å². The predicted octanol–water partition coefficient (Wildman–Crippen LogP) is 20.6. The van der Waals surface area contributed by atoms with E-state index in [1.165, 1.54) is 0 Å². The molecule has 20 nitrogen and oxygen atoms in total. The average Bonchev–Trinajstić information content (AvgIpc) is 0.742. The lowest BCUT2D eigenvalue weighted by Gasteiger charge is -2.22. The highest BCUT2D eigenvalue weighted by Crippen LogP contribution is 2.52. The van der Waals surface area contributed by atoms with Gasteiger partial charge in [0.1, 0.15) is 0 Å². The van der Waals surface area contributed by atoms with E-state index in [-0.39, 0.29) is 98.6 Å². The third-order valence-electron chi connectivity index (χ3n) is 25.2. The second kappa shape index (κ2) is 43.0. The summed E-state index contributed by atoms with van der Waals surface area (Å²) in [5.41, 5.74) is -0.249. The van der Waals surface area contributed by atoms with Gasteiger partial charge in [0.25, 0.3) is 0 Å². The van der Waals surface area contributed by atoms with Crippen molar-refractivity contribution < 1.29 is 95.0 Å². The number of benzene rings is 14. The summed E-state index contributed by atoms with van der Waals surface area (Å²) in [4.78, 5) is 197. The molecule has 0 saturated heterocycles. The van der Waals surface area contributed by atoms with E-state index < -0.39 is 189 Å². The number of hydrogen-bond donors (Lipinski definition) is 0. The van der Waals surface area contributed by atoms with Crippen molar-refractivity contribution in [1.29, 1.82) is 0 Å². The summed E-state index contributed by atoms with van der Waals surface area (Å²) >= 11 is 0. The molecule has 14 aromatic carbocycles. The molecule has 0 spiro atoms. The molecule has 24 heteroatoms. The van der Waals surface area contributed by atoms with E-state index in [0.717, 1.165) is 24.3 Å². The number of aryl methyl sites for hydroxylation is 8. The van der Waals surface area contributed by atoms with Crippen LogP contribution < -0.4 is 42.4 Å². The highest BCUT2D eigenvalue weighted by Gasteiger charge is 2.44. The largest absolute Gasteiger partial charge is 0.462 e. The van der Waals surface area contributed by atoms with Crippen LogP contribution in [0, 0.1) is 83.1 Å². The summed E-state index contributed by atoms with van der Waals surface area (Å²) in [6.07, 6.45) is -2.18. The summed E-state index contributed by atoms with van der Waals surface area (Å²) in [6, 6.07) is 78.4. The van der Waals surface area contributed by atoms with Gasteiger partial charge in [-0.3, -0.25) is 43.2 Å². The van der Waals surface area contributed by atoms with Crippen LogP contribution in [0.25, 0.3) is 10.8 Å². The highest BCUT2D eigenvalue weighted by molar-refractivity contribution is 7.94.